The Bertz CT molecular complexity index is 1070. The Kier molecular flexibility index (Phi) is 6.88. The van der Waals surface area contributed by atoms with Crippen LogP contribution in [0, 0.1) is 17.6 Å². The third-order valence-electron chi connectivity index (χ3n) is 5.48. The lowest BCUT2D eigenvalue weighted by molar-refractivity contribution is 0.183. The number of allylic oxidation sites excluding steroid dienone is 1. The molecule has 9 heteroatoms. The van der Waals surface area contributed by atoms with Gasteiger partial charge in [0.2, 0.25) is 5.96 Å². The average molecular weight is 459 g/mol. The lowest BCUT2D eigenvalue weighted by Gasteiger charge is -2.40. The maximum Gasteiger partial charge on any atom is 0.220 e. The van der Waals surface area contributed by atoms with E-state index in [-0.39, 0.29) is 30.8 Å². The normalized spacial score (nSPS) is 20.1. The number of hydrogen-bond donors (Lipinski definition) is 3. The van der Waals surface area contributed by atoms with Crippen molar-refractivity contribution in [2.75, 3.05) is 24.4 Å². The third-order valence-corrected chi connectivity index (χ3v) is 6.27. The van der Waals surface area contributed by atoms with E-state index in [9.17, 15) is 19.0 Å². The fraction of sp³-hybridized carbons (Fsp3) is 0.304. The molecule has 0 spiro atoms. The Morgan fingerprint density at radius 1 is 1.19 bits per heavy atom. The summed E-state index contributed by atoms with van der Waals surface area (Å²) in [7, 11) is 0. The monoisotopic (exact) mass is 458 g/mol. The van der Waals surface area contributed by atoms with Crippen LogP contribution in [0.5, 0.6) is 0 Å². The van der Waals surface area contributed by atoms with Gasteiger partial charge in [-0.1, -0.05) is 24.3 Å². The lowest BCUT2D eigenvalue weighted by atomic mass is 9.87. The summed E-state index contributed by atoms with van der Waals surface area (Å²) in [5, 5.41) is 22.0. The molecular weight excluding hydrogens is 434 g/mol. The Hall–Kier alpha value is -2.75. The number of halogens is 2. The second kappa shape index (κ2) is 9.81. The first-order valence-electron chi connectivity index (χ1n) is 10.2. The molecule has 2 aliphatic heterocycles. The van der Waals surface area contributed by atoms with Crippen LogP contribution in [-0.2, 0) is 0 Å². The van der Waals surface area contributed by atoms with Gasteiger partial charge in [0.25, 0.3) is 0 Å². The quantitative estimate of drug-likeness (QED) is 0.580. The van der Waals surface area contributed by atoms with E-state index in [4.69, 9.17) is 9.98 Å². The SMILES string of the molecule is CSc1ccccc1C1=NC(NC(CO)CO)=NC2C1CC=CN2c1ccc(F)cc1F. The zero-order valence-electron chi connectivity index (χ0n) is 17.4. The number of guanidine groups is 1. The Labute approximate surface area is 189 Å². The highest BCUT2D eigenvalue weighted by Crippen LogP contribution is 2.36. The van der Waals surface area contributed by atoms with Crippen molar-refractivity contribution >= 4 is 29.1 Å². The summed E-state index contributed by atoms with van der Waals surface area (Å²) >= 11 is 1.60. The number of aliphatic hydroxyl groups excluding tert-OH is 2. The topological polar surface area (TPSA) is 80.5 Å². The van der Waals surface area contributed by atoms with E-state index in [0.717, 1.165) is 22.2 Å². The van der Waals surface area contributed by atoms with E-state index < -0.39 is 23.8 Å². The molecule has 4 rings (SSSR count). The van der Waals surface area contributed by atoms with Crippen LogP contribution in [0.15, 0.2) is 69.6 Å². The van der Waals surface area contributed by atoms with E-state index in [1.54, 1.807) is 22.9 Å². The summed E-state index contributed by atoms with van der Waals surface area (Å²) in [6, 6.07) is 10.7. The van der Waals surface area contributed by atoms with Gasteiger partial charge in [0, 0.05) is 28.6 Å². The number of rotatable bonds is 6. The molecule has 2 unspecified atom stereocenters. The van der Waals surface area contributed by atoms with Gasteiger partial charge >= 0.3 is 0 Å². The molecule has 32 heavy (non-hydrogen) atoms. The summed E-state index contributed by atoms with van der Waals surface area (Å²) in [6.45, 7) is -0.599. The van der Waals surface area contributed by atoms with Crippen molar-refractivity contribution in [2.45, 2.75) is 23.5 Å². The first-order valence-corrected chi connectivity index (χ1v) is 11.5. The largest absolute Gasteiger partial charge is 0.394 e. The number of hydrogen-bond acceptors (Lipinski definition) is 7. The van der Waals surface area contributed by atoms with Crippen LogP contribution in [0.4, 0.5) is 14.5 Å². The second-order valence-corrected chi connectivity index (χ2v) is 8.35. The second-order valence-electron chi connectivity index (χ2n) is 7.50. The van der Waals surface area contributed by atoms with Gasteiger partial charge < -0.3 is 20.4 Å². The van der Waals surface area contributed by atoms with Crippen LogP contribution < -0.4 is 10.2 Å². The molecule has 6 nitrogen and oxygen atoms in total. The van der Waals surface area contributed by atoms with E-state index in [2.05, 4.69) is 5.32 Å². The highest BCUT2D eigenvalue weighted by Gasteiger charge is 2.38. The molecule has 0 saturated heterocycles. The number of nitrogens with zero attached hydrogens (tertiary/aromatic N) is 3. The maximum atomic E-state index is 14.7. The fourth-order valence-electron chi connectivity index (χ4n) is 3.91. The highest BCUT2D eigenvalue weighted by molar-refractivity contribution is 7.98. The van der Waals surface area contributed by atoms with Gasteiger partial charge in [-0.3, -0.25) is 0 Å². The van der Waals surface area contributed by atoms with Gasteiger partial charge in [0.1, 0.15) is 17.8 Å². The number of aliphatic imine (C=N–C) groups is 2. The van der Waals surface area contributed by atoms with Gasteiger partial charge in [-0.05, 0) is 30.9 Å². The summed E-state index contributed by atoms with van der Waals surface area (Å²) in [6.07, 6.45) is 5.77. The Balaban J connectivity index is 1.81. The average Bonchev–Trinajstić information content (AvgIpc) is 2.82. The molecule has 0 aliphatic carbocycles. The smallest absolute Gasteiger partial charge is 0.220 e. The van der Waals surface area contributed by atoms with Crippen LogP contribution in [-0.4, -0.2) is 53.6 Å². The van der Waals surface area contributed by atoms with Crippen LogP contribution >= 0.6 is 11.8 Å². The van der Waals surface area contributed by atoms with Crippen molar-refractivity contribution < 1.29 is 19.0 Å². The van der Waals surface area contributed by atoms with Crippen molar-refractivity contribution in [1.29, 1.82) is 0 Å². The Morgan fingerprint density at radius 3 is 2.69 bits per heavy atom. The summed E-state index contributed by atoms with van der Waals surface area (Å²) in [5.74, 6) is -1.27. The van der Waals surface area contributed by atoms with Crippen molar-refractivity contribution in [1.82, 2.24) is 5.32 Å². The summed E-state index contributed by atoms with van der Waals surface area (Å²) in [4.78, 5) is 12.2. The van der Waals surface area contributed by atoms with Crippen LogP contribution in [0.25, 0.3) is 0 Å². The number of aliphatic hydroxyl groups is 2. The minimum atomic E-state index is -0.683. The van der Waals surface area contributed by atoms with Crippen LogP contribution in [0.2, 0.25) is 0 Å². The third kappa shape index (κ3) is 4.41. The van der Waals surface area contributed by atoms with Gasteiger partial charge in [-0.15, -0.1) is 11.8 Å². The molecule has 2 aromatic rings. The molecule has 2 aromatic carbocycles. The molecule has 2 aliphatic rings. The molecule has 0 aromatic heterocycles. The van der Waals surface area contributed by atoms with E-state index >= 15 is 0 Å². The molecule has 168 valence electrons. The predicted molar refractivity (Wildman–Crippen MR) is 123 cm³/mol. The first kappa shape index (κ1) is 22.4. The molecular formula is C23H24F2N4O2S. The molecule has 0 saturated carbocycles. The fourth-order valence-corrected chi connectivity index (χ4v) is 4.52. The molecule has 3 N–H and O–H groups in total. The van der Waals surface area contributed by atoms with E-state index in [0.29, 0.717) is 6.42 Å². The van der Waals surface area contributed by atoms with Gasteiger partial charge in [0.15, 0.2) is 0 Å². The summed E-state index contributed by atoms with van der Waals surface area (Å²) in [5.41, 5.74) is 1.94. The molecule has 0 amide bonds. The van der Waals surface area contributed by atoms with Crippen LogP contribution in [0.1, 0.15) is 12.0 Å². The number of anilines is 1. The molecule has 0 fully saturated rings. The standard InChI is InChI=1S/C23H24F2N4O2S/c1-32-20-7-3-2-5-16(20)21-17-6-4-10-29(19-9-8-14(24)11-18(19)25)22(17)28-23(27-21)26-15(12-30)13-31/h2-5,7-11,15,17,22,30-31H,6,12-13H2,1H3,(H,26,28). The number of nitrogens with one attached hydrogen (secondary N) is 1. The lowest BCUT2D eigenvalue weighted by Crippen LogP contribution is -2.49. The van der Waals surface area contributed by atoms with Crippen molar-refractivity contribution in [2.24, 2.45) is 15.9 Å². The van der Waals surface area contributed by atoms with Crippen molar-refractivity contribution in [3.8, 4) is 0 Å². The zero-order valence-corrected chi connectivity index (χ0v) is 18.3. The summed E-state index contributed by atoms with van der Waals surface area (Å²) < 4.78 is 28.2. The first-order chi connectivity index (χ1) is 15.5. The van der Waals surface area contributed by atoms with Gasteiger partial charge in [-0.2, -0.15) is 0 Å². The zero-order chi connectivity index (χ0) is 22.7. The Morgan fingerprint density at radius 2 is 1.97 bits per heavy atom. The van der Waals surface area contributed by atoms with Gasteiger partial charge in [-0.25, -0.2) is 18.8 Å². The maximum absolute atomic E-state index is 14.7. The van der Waals surface area contributed by atoms with Crippen molar-refractivity contribution in [3.63, 3.8) is 0 Å². The molecule has 0 bridgehead atoms. The van der Waals surface area contributed by atoms with Crippen molar-refractivity contribution in [3.05, 3.63) is 71.9 Å². The predicted octanol–water partition coefficient (Wildman–Crippen LogP) is 3.15. The molecule has 0 radical (unpaired) electrons. The number of thioether (sulfide) groups is 1. The highest BCUT2D eigenvalue weighted by atomic mass is 32.2. The van der Waals surface area contributed by atoms with E-state index in [1.807, 2.05) is 36.6 Å². The minimum absolute atomic E-state index is 0.176. The van der Waals surface area contributed by atoms with E-state index in [1.165, 1.54) is 12.1 Å². The number of fused-ring (bicyclic) bond motifs is 1. The van der Waals surface area contributed by atoms with Crippen LogP contribution in [0.3, 0.4) is 0 Å². The minimum Gasteiger partial charge on any atom is -0.394 e. The molecule has 2 heterocycles. The number of benzene rings is 2. The molecule has 2 atom stereocenters. The van der Waals surface area contributed by atoms with Gasteiger partial charge in [0.05, 0.1) is 30.7 Å².